The Labute approximate surface area is 212 Å². The third-order valence-electron chi connectivity index (χ3n) is 5.82. The van der Waals surface area contributed by atoms with Gasteiger partial charge in [0, 0.05) is 70.3 Å². The Morgan fingerprint density at radius 3 is 2.34 bits per heavy atom. The number of ether oxygens (including phenoxy) is 1. The standard InChI is InChI=1S/C22H30ClN7O.HI/c1-24-21(29-9-11-30(12-10-29)22-25-7-2-8-26-22)27-17-20(28-13-15-31-16-14-28)18-3-5-19(23)6-4-18;/h2-8,20H,9-17H2,1H3,(H,24,27);1H. The Morgan fingerprint density at radius 2 is 1.72 bits per heavy atom. The van der Waals surface area contributed by atoms with E-state index in [1.54, 1.807) is 12.4 Å². The van der Waals surface area contributed by atoms with Crippen LogP contribution in [0.5, 0.6) is 0 Å². The fraction of sp³-hybridized carbons (Fsp3) is 0.500. The number of guanidine groups is 1. The van der Waals surface area contributed by atoms with Crippen LogP contribution in [0.1, 0.15) is 11.6 Å². The van der Waals surface area contributed by atoms with Crippen LogP contribution in [0, 0.1) is 0 Å². The predicted octanol–water partition coefficient (Wildman–Crippen LogP) is 2.52. The minimum absolute atomic E-state index is 0. The highest BCUT2D eigenvalue weighted by Crippen LogP contribution is 2.23. The first-order valence-corrected chi connectivity index (χ1v) is 11.2. The monoisotopic (exact) mass is 571 g/mol. The molecule has 2 fully saturated rings. The number of aromatic nitrogens is 2. The van der Waals surface area contributed by atoms with Crippen molar-refractivity contribution in [2.24, 2.45) is 4.99 Å². The number of hydrogen-bond donors (Lipinski definition) is 1. The van der Waals surface area contributed by atoms with Gasteiger partial charge in [-0.25, -0.2) is 9.97 Å². The van der Waals surface area contributed by atoms with Crippen LogP contribution >= 0.6 is 35.6 Å². The molecule has 1 atom stereocenters. The molecule has 1 aromatic heterocycles. The molecule has 174 valence electrons. The molecule has 2 saturated heterocycles. The number of halogens is 2. The predicted molar refractivity (Wildman–Crippen MR) is 139 cm³/mol. The largest absolute Gasteiger partial charge is 0.379 e. The molecule has 2 aliphatic heterocycles. The van der Waals surface area contributed by atoms with Crippen molar-refractivity contribution in [3.63, 3.8) is 0 Å². The van der Waals surface area contributed by atoms with Gasteiger partial charge in [0.1, 0.15) is 0 Å². The van der Waals surface area contributed by atoms with Crippen molar-refractivity contribution in [2.75, 3.05) is 71.0 Å². The number of morpholine rings is 1. The van der Waals surface area contributed by atoms with E-state index in [0.29, 0.717) is 0 Å². The molecule has 1 aromatic carbocycles. The van der Waals surface area contributed by atoms with Crippen molar-refractivity contribution < 1.29 is 4.74 Å². The molecule has 2 aliphatic rings. The van der Waals surface area contributed by atoms with E-state index in [0.717, 1.165) is 76.0 Å². The summed E-state index contributed by atoms with van der Waals surface area (Å²) >= 11 is 6.12. The second-order valence-electron chi connectivity index (χ2n) is 7.67. The lowest BCUT2D eigenvalue weighted by Crippen LogP contribution is -2.54. The summed E-state index contributed by atoms with van der Waals surface area (Å²) in [7, 11) is 1.85. The van der Waals surface area contributed by atoms with Gasteiger partial charge in [0.05, 0.1) is 19.3 Å². The molecule has 3 heterocycles. The lowest BCUT2D eigenvalue weighted by Gasteiger charge is -2.38. The van der Waals surface area contributed by atoms with Crippen molar-refractivity contribution in [3.05, 3.63) is 53.3 Å². The average Bonchev–Trinajstić information content (AvgIpc) is 2.84. The number of nitrogens with one attached hydrogen (secondary N) is 1. The van der Waals surface area contributed by atoms with Crippen LogP contribution in [-0.2, 0) is 4.74 Å². The molecule has 2 aromatic rings. The summed E-state index contributed by atoms with van der Waals surface area (Å²) in [4.78, 5) is 20.3. The number of aliphatic imine (C=N–C) groups is 1. The van der Waals surface area contributed by atoms with Gasteiger partial charge in [-0.05, 0) is 23.8 Å². The normalized spacial score (nSPS) is 18.8. The lowest BCUT2D eigenvalue weighted by molar-refractivity contribution is 0.0169. The van der Waals surface area contributed by atoms with Crippen LogP contribution in [0.2, 0.25) is 5.02 Å². The van der Waals surface area contributed by atoms with Gasteiger partial charge in [-0.2, -0.15) is 0 Å². The van der Waals surface area contributed by atoms with Gasteiger partial charge in [0.2, 0.25) is 5.95 Å². The second-order valence-corrected chi connectivity index (χ2v) is 8.10. The van der Waals surface area contributed by atoms with Crippen molar-refractivity contribution in [1.29, 1.82) is 0 Å². The van der Waals surface area contributed by atoms with Crippen LogP contribution in [-0.4, -0.2) is 91.8 Å². The topological polar surface area (TPSA) is 69.1 Å². The molecule has 8 nitrogen and oxygen atoms in total. The summed E-state index contributed by atoms with van der Waals surface area (Å²) in [6.07, 6.45) is 3.58. The highest BCUT2D eigenvalue weighted by atomic mass is 127. The molecule has 0 radical (unpaired) electrons. The number of hydrogen-bond acceptors (Lipinski definition) is 6. The number of piperazine rings is 1. The number of rotatable bonds is 5. The highest BCUT2D eigenvalue weighted by molar-refractivity contribution is 14.0. The van der Waals surface area contributed by atoms with Gasteiger partial charge in [0.25, 0.3) is 0 Å². The summed E-state index contributed by atoms with van der Waals surface area (Å²) in [5.41, 5.74) is 1.25. The Hall–Kier alpha value is -1.69. The van der Waals surface area contributed by atoms with Gasteiger partial charge >= 0.3 is 0 Å². The summed E-state index contributed by atoms with van der Waals surface area (Å²) < 4.78 is 5.56. The van der Waals surface area contributed by atoms with Gasteiger partial charge in [0.15, 0.2) is 5.96 Å². The summed E-state index contributed by atoms with van der Waals surface area (Å²) in [6.45, 7) is 7.64. The number of benzene rings is 1. The van der Waals surface area contributed by atoms with Gasteiger partial charge in [-0.15, -0.1) is 24.0 Å². The second kappa shape index (κ2) is 12.5. The quantitative estimate of drug-likeness (QED) is 0.336. The van der Waals surface area contributed by atoms with E-state index in [4.69, 9.17) is 16.3 Å². The highest BCUT2D eigenvalue weighted by Gasteiger charge is 2.25. The van der Waals surface area contributed by atoms with E-state index >= 15 is 0 Å². The summed E-state index contributed by atoms with van der Waals surface area (Å²) in [5, 5.41) is 4.37. The van der Waals surface area contributed by atoms with Gasteiger partial charge in [-0.3, -0.25) is 9.89 Å². The Kier molecular flexibility index (Phi) is 9.76. The maximum atomic E-state index is 6.12. The zero-order valence-electron chi connectivity index (χ0n) is 18.4. The number of nitrogens with zero attached hydrogens (tertiary/aromatic N) is 6. The molecule has 1 N–H and O–H groups in total. The Balaban J connectivity index is 0.00000289. The molecular formula is C22H31ClIN7O. The minimum Gasteiger partial charge on any atom is -0.379 e. The maximum absolute atomic E-state index is 6.12. The SMILES string of the molecule is CN=C(NCC(c1ccc(Cl)cc1)N1CCOCC1)N1CCN(c2ncccn2)CC1.I. The average molecular weight is 572 g/mol. The van der Waals surface area contributed by atoms with E-state index < -0.39 is 0 Å². The zero-order chi connectivity index (χ0) is 21.5. The maximum Gasteiger partial charge on any atom is 0.225 e. The third kappa shape index (κ3) is 6.43. The molecule has 1 unspecified atom stereocenters. The fourth-order valence-corrected chi connectivity index (χ4v) is 4.25. The summed E-state index contributed by atoms with van der Waals surface area (Å²) in [5.74, 6) is 1.72. The minimum atomic E-state index is 0. The Morgan fingerprint density at radius 1 is 1.06 bits per heavy atom. The first-order valence-electron chi connectivity index (χ1n) is 10.8. The van der Waals surface area contributed by atoms with Crippen molar-refractivity contribution in [3.8, 4) is 0 Å². The molecule has 0 amide bonds. The fourth-order valence-electron chi connectivity index (χ4n) is 4.12. The van der Waals surface area contributed by atoms with Crippen molar-refractivity contribution in [2.45, 2.75) is 6.04 Å². The van der Waals surface area contributed by atoms with Gasteiger partial charge in [-0.1, -0.05) is 23.7 Å². The van der Waals surface area contributed by atoms with Crippen LogP contribution < -0.4 is 10.2 Å². The smallest absolute Gasteiger partial charge is 0.225 e. The zero-order valence-corrected chi connectivity index (χ0v) is 21.4. The van der Waals surface area contributed by atoms with Crippen LogP contribution in [0.4, 0.5) is 5.95 Å². The lowest BCUT2D eigenvalue weighted by atomic mass is 10.0. The molecular weight excluding hydrogens is 541 g/mol. The third-order valence-corrected chi connectivity index (χ3v) is 6.07. The first kappa shape index (κ1) is 24.9. The molecule has 32 heavy (non-hydrogen) atoms. The van der Waals surface area contributed by atoms with Gasteiger partial charge < -0.3 is 19.9 Å². The summed E-state index contributed by atoms with van der Waals surface area (Å²) in [6, 6.07) is 10.2. The molecule has 0 saturated carbocycles. The van der Waals surface area contributed by atoms with Crippen LogP contribution in [0.25, 0.3) is 0 Å². The van der Waals surface area contributed by atoms with E-state index in [1.165, 1.54) is 5.56 Å². The molecule has 10 heteroatoms. The number of anilines is 1. The van der Waals surface area contributed by atoms with Crippen LogP contribution in [0.15, 0.2) is 47.7 Å². The van der Waals surface area contributed by atoms with E-state index in [1.807, 2.05) is 25.2 Å². The first-order chi connectivity index (χ1) is 15.2. The van der Waals surface area contributed by atoms with Crippen LogP contribution in [0.3, 0.4) is 0 Å². The van der Waals surface area contributed by atoms with E-state index in [-0.39, 0.29) is 30.0 Å². The van der Waals surface area contributed by atoms with E-state index in [2.05, 4.69) is 47.1 Å². The molecule has 0 aliphatic carbocycles. The molecule has 0 bridgehead atoms. The van der Waals surface area contributed by atoms with Crippen molar-refractivity contribution >= 4 is 47.5 Å². The molecule has 4 rings (SSSR count). The Bertz CT molecular complexity index is 841. The van der Waals surface area contributed by atoms with E-state index in [9.17, 15) is 0 Å². The van der Waals surface area contributed by atoms with Crippen molar-refractivity contribution in [1.82, 2.24) is 25.1 Å². The molecule has 0 spiro atoms.